The molecule has 1 unspecified atom stereocenters. The lowest BCUT2D eigenvalue weighted by Crippen LogP contribution is -2.39. The van der Waals surface area contributed by atoms with E-state index in [0.29, 0.717) is 23.9 Å². The quantitative estimate of drug-likeness (QED) is 0.854. The average Bonchev–Trinajstić information content (AvgIpc) is 2.46. The summed E-state index contributed by atoms with van der Waals surface area (Å²) in [6.45, 7) is 3.31. The highest BCUT2D eigenvalue weighted by atomic mass is 32.2. The van der Waals surface area contributed by atoms with Crippen LogP contribution in [0.1, 0.15) is 19.8 Å². The number of sulfonamides is 1. The monoisotopic (exact) mass is 290 g/mol. The van der Waals surface area contributed by atoms with Gasteiger partial charge in [-0.15, -0.1) is 0 Å². The van der Waals surface area contributed by atoms with Crippen LogP contribution in [0.4, 0.5) is 0 Å². The molecule has 1 aromatic carbocycles. The zero-order valence-corrected chi connectivity index (χ0v) is 12.3. The third kappa shape index (κ3) is 2.43. The van der Waals surface area contributed by atoms with Crippen LogP contribution in [-0.2, 0) is 10.0 Å². The second kappa shape index (κ2) is 5.14. The SMILES string of the molecule is CC1CCCN(S(=O)(=O)c2cnc3ccccc3c2)C1. The Morgan fingerprint density at radius 3 is 2.90 bits per heavy atom. The Bertz CT molecular complexity index is 727. The Hall–Kier alpha value is -1.46. The largest absolute Gasteiger partial charge is 0.255 e. The minimum absolute atomic E-state index is 0.297. The molecule has 20 heavy (non-hydrogen) atoms. The molecule has 1 aromatic heterocycles. The number of rotatable bonds is 2. The Kier molecular flexibility index (Phi) is 3.48. The van der Waals surface area contributed by atoms with E-state index in [2.05, 4.69) is 11.9 Å². The molecule has 0 spiro atoms. The molecule has 1 atom stereocenters. The van der Waals surface area contributed by atoms with Gasteiger partial charge in [-0.3, -0.25) is 4.98 Å². The van der Waals surface area contributed by atoms with Crippen LogP contribution in [0, 0.1) is 5.92 Å². The molecule has 1 aliphatic heterocycles. The molecule has 0 radical (unpaired) electrons. The molecule has 0 saturated carbocycles. The highest BCUT2D eigenvalue weighted by Gasteiger charge is 2.28. The van der Waals surface area contributed by atoms with Crippen LogP contribution in [0.2, 0.25) is 0 Å². The van der Waals surface area contributed by atoms with Gasteiger partial charge in [-0.25, -0.2) is 8.42 Å². The van der Waals surface area contributed by atoms with Gasteiger partial charge in [0.25, 0.3) is 0 Å². The molecule has 0 amide bonds. The molecule has 3 rings (SSSR count). The van der Waals surface area contributed by atoms with Gasteiger partial charge in [0.05, 0.1) is 5.52 Å². The van der Waals surface area contributed by atoms with Crippen LogP contribution in [0.25, 0.3) is 10.9 Å². The van der Waals surface area contributed by atoms with E-state index in [1.54, 1.807) is 10.4 Å². The molecule has 4 nitrogen and oxygen atoms in total. The standard InChI is InChI=1S/C15H18N2O2S/c1-12-5-4-8-17(11-12)20(18,19)14-9-13-6-2-3-7-15(13)16-10-14/h2-3,6-7,9-10,12H,4-5,8,11H2,1H3. The van der Waals surface area contributed by atoms with Gasteiger partial charge in [0.1, 0.15) is 4.90 Å². The van der Waals surface area contributed by atoms with E-state index in [0.717, 1.165) is 23.7 Å². The van der Waals surface area contributed by atoms with Gasteiger partial charge in [0.2, 0.25) is 10.0 Å². The highest BCUT2D eigenvalue weighted by Crippen LogP contribution is 2.24. The van der Waals surface area contributed by atoms with Crippen molar-refractivity contribution in [1.82, 2.24) is 9.29 Å². The Balaban J connectivity index is 2.00. The maximum atomic E-state index is 12.7. The average molecular weight is 290 g/mol. The molecule has 0 N–H and O–H groups in total. The summed E-state index contributed by atoms with van der Waals surface area (Å²) in [5.74, 6) is 0.423. The van der Waals surface area contributed by atoms with E-state index in [1.165, 1.54) is 6.20 Å². The molecule has 2 aromatic rings. The fraction of sp³-hybridized carbons (Fsp3) is 0.400. The minimum atomic E-state index is -3.42. The van der Waals surface area contributed by atoms with Crippen molar-refractivity contribution in [3.05, 3.63) is 36.5 Å². The molecular weight excluding hydrogens is 272 g/mol. The summed E-state index contributed by atoms with van der Waals surface area (Å²) in [5.41, 5.74) is 0.818. The van der Waals surface area contributed by atoms with Crippen molar-refractivity contribution in [3.8, 4) is 0 Å². The third-order valence-corrected chi connectivity index (χ3v) is 5.65. The van der Waals surface area contributed by atoms with Crippen LogP contribution in [0.15, 0.2) is 41.4 Å². The van der Waals surface area contributed by atoms with E-state index in [1.807, 2.05) is 24.3 Å². The fourth-order valence-electron chi connectivity index (χ4n) is 2.71. The minimum Gasteiger partial charge on any atom is -0.255 e. The summed E-state index contributed by atoms with van der Waals surface area (Å²) in [6.07, 6.45) is 3.50. The first-order chi connectivity index (χ1) is 9.57. The van der Waals surface area contributed by atoms with Gasteiger partial charge in [0.15, 0.2) is 0 Å². The van der Waals surface area contributed by atoms with Gasteiger partial charge in [-0.05, 0) is 30.9 Å². The first kappa shape index (κ1) is 13.5. The van der Waals surface area contributed by atoms with Crippen LogP contribution in [-0.4, -0.2) is 30.8 Å². The topological polar surface area (TPSA) is 50.3 Å². The summed E-state index contributed by atoms with van der Waals surface area (Å²) < 4.78 is 26.9. The van der Waals surface area contributed by atoms with Crippen molar-refractivity contribution in [2.45, 2.75) is 24.7 Å². The van der Waals surface area contributed by atoms with E-state index in [4.69, 9.17) is 0 Å². The second-order valence-electron chi connectivity index (χ2n) is 5.47. The number of hydrogen-bond donors (Lipinski definition) is 0. The van der Waals surface area contributed by atoms with Crippen molar-refractivity contribution in [2.24, 2.45) is 5.92 Å². The smallest absolute Gasteiger partial charge is 0.244 e. The van der Waals surface area contributed by atoms with Crippen molar-refractivity contribution < 1.29 is 8.42 Å². The van der Waals surface area contributed by atoms with Crippen molar-refractivity contribution in [2.75, 3.05) is 13.1 Å². The van der Waals surface area contributed by atoms with Gasteiger partial charge < -0.3 is 0 Å². The van der Waals surface area contributed by atoms with Crippen molar-refractivity contribution in [3.63, 3.8) is 0 Å². The van der Waals surface area contributed by atoms with Crippen LogP contribution >= 0.6 is 0 Å². The van der Waals surface area contributed by atoms with Gasteiger partial charge in [-0.2, -0.15) is 4.31 Å². The van der Waals surface area contributed by atoms with Crippen molar-refractivity contribution in [1.29, 1.82) is 0 Å². The lowest BCUT2D eigenvalue weighted by atomic mass is 10.0. The number of aromatic nitrogens is 1. The molecule has 0 aliphatic carbocycles. The maximum Gasteiger partial charge on any atom is 0.244 e. The van der Waals surface area contributed by atoms with Crippen LogP contribution in [0.5, 0.6) is 0 Å². The van der Waals surface area contributed by atoms with Gasteiger partial charge in [-0.1, -0.05) is 25.1 Å². The summed E-state index contributed by atoms with van der Waals surface area (Å²) in [6, 6.07) is 9.28. The van der Waals surface area contributed by atoms with E-state index >= 15 is 0 Å². The lowest BCUT2D eigenvalue weighted by Gasteiger charge is -2.29. The normalized spacial score (nSPS) is 21.1. The number of para-hydroxylation sites is 1. The highest BCUT2D eigenvalue weighted by molar-refractivity contribution is 7.89. The number of nitrogens with zero attached hydrogens (tertiary/aromatic N) is 2. The Labute approximate surface area is 119 Å². The predicted molar refractivity (Wildman–Crippen MR) is 78.9 cm³/mol. The predicted octanol–water partition coefficient (Wildman–Crippen LogP) is 2.66. The first-order valence-corrected chi connectivity index (χ1v) is 8.36. The lowest BCUT2D eigenvalue weighted by molar-refractivity contribution is 0.281. The Morgan fingerprint density at radius 1 is 1.30 bits per heavy atom. The Morgan fingerprint density at radius 2 is 2.10 bits per heavy atom. The van der Waals surface area contributed by atoms with Crippen LogP contribution < -0.4 is 0 Å². The van der Waals surface area contributed by atoms with Gasteiger partial charge >= 0.3 is 0 Å². The maximum absolute atomic E-state index is 12.7. The van der Waals surface area contributed by atoms with E-state index in [9.17, 15) is 8.42 Å². The van der Waals surface area contributed by atoms with Gasteiger partial charge in [0, 0.05) is 24.7 Å². The number of hydrogen-bond acceptors (Lipinski definition) is 3. The van der Waals surface area contributed by atoms with E-state index < -0.39 is 10.0 Å². The molecule has 1 aliphatic rings. The van der Waals surface area contributed by atoms with Crippen molar-refractivity contribution >= 4 is 20.9 Å². The fourth-order valence-corrected chi connectivity index (χ4v) is 4.29. The van der Waals surface area contributed by atoms with E-state index in [-0.39, 0.29) is 0 Å². The molecule has 2 heterocycles. The number of fused-ring (bicyclic) bond motifs is 1. The van der Waals surface area contributed by atoms with Crippen LogP contribution in [0.3, 0.4) is 0 Å². The zero-order valence-electron chi connectivity index (χ0n) is 11.5. The molecular formula is C15H18N2O2S. The summed E-state index contributed by atoms with van der Waals surface area (Å²) in [4.78, 5) is 4.55. The zero-order chi connectivity index (χ0) is 14.2. The number of benzene rings is 1. The second-order valence-corrected chi connectivity index (χ2v) is 7.41. The summed E-state index contributed by atoms with van der Waals surface area (Å²) in [7, 11) is -3.42. The molecule has 1 saturated heterocycles. The summed E-state index contributed by atoms with van der Waals surface area (Å²) in [5, 5.41) is 0.860. The third-order valence-electron chi connectivity index (χ3n) is 3.82. The summed E-state index contributed by atoms with van der Waals surface area (Å²) >= 11 is 0. The first-order valence-electron chi connectivity index (χ1n) is 6.92. The number of piperidine rings is 1. The molecule has 106 valence electrons. The molecule has 0 bridgehead atoms. The number of pyridine rings is 1. The molecule has 5 heteroatoms. The molecule has 1 fully saturated rings.